The summed E-state index contributed by atoms with van der Waals surface area (Å²) in [5, 5.41) is 6.03. The maximum absolute atomic E-state index is 13.2. The number of rotatable bonds is 8. The third-order valence-electron chi connectivity index (χ3n) is 6.44. The van der Waals surface area contributed by atoms with Crippen molar-refractivity contribution in [2.45, 2.75) is 32.9 Å². The highest BCUT2D eigenvalue weighted by atomic mass is 35.5. The molecule has 0 radical (unpaired) electrons. The minimum atomic E-state index is -0.0673. The molecule has 0 N–H and O–H groups in total. The van der Waals surface area contributed by atoms with Crippen LogP contribution in [-0.4, -0.2) is 30.9 Å². The first-order valence-electron chi connectivity index (χ1n) is 12.4. The Bertz CT molecular complexity index is 1550. The van der Waals surface area contributed by atoms with Crippen LogP contribution >= 0.6 is 47.2 Å². The Labute approximate surface area is 247 Å². The van der Waals surface area contributed by atoms with E-state index in [1.54, 1.807) is 17.0 Å². The standard InChI is InChI=1S/C30H25Cl2N3O2S2/c1-3-19(2)35-29(36)27(39-30(35)38)15-22-17-34(24-7-5-4-6-8-24)33-28(22)20-10-13-25(14-11-20)37-18-21-9-12-23(31)16-26(21)32/h4-17,19H,3,18H2,1-2H3/b27-15-/t19-/m0/s1. The molecule has 0 aliphatic carbocycles. The number of nitrogens with zero attached hydrogens (tertiary/aromatic N) is 3. The van der Waals surface area contributed by atoms with Crippen molar-refractivity contribution in [2.75, 3.05) is 0 Å². The molecule has 1 fully saturated rings. The van der Waals surface area contributed by atoms with Crippen LogP contribution in [0.2, 0.25) is 10.0 Å². The SMILES string of the molecule is CC[C@H](C)N1C(=O)/C(=C/c2cn(-c3ccccc3)nc2-c2ccc(OCc3ccc(Cl)cc3Cl)cc2)SC1=S. The molecule has 0 bridgehead atoms. The Morgan fingerprint density at radius 3 is 2.51 bits per heavy atom. The second-order valence-corrected chi connectivity index (χ2v) is 11.6. The van der Waals surface area contributed by atoms with Gasteiger partial charge in [0.15, 0.2) is 0 Å². The van der Waals surface area contributed by atoms with Gasteiger partial charge >= 0.3 is 0 Å². The Hall–Kier alpha value is -3.10. The van der Waals surface area contributed by atoms with Crippen molar-refractivity contribution in [1.29, 1.82) is 0 Å². The van der Waals surface area contributed by atoms with Crippen molar-refractivity contribution in [2.24, 2.45) is 0 Å². The lowest BCUT2D eigenvalue weighted by Gasteiger charge is -2.21. The van der Waals surface area contributed by atoms with Gasteiger partial charge in [0.1, 0.15) is 16.7 Å². The van der Waals surface area contributed by atoms with Gasteiger partial charge in [0, 0.05) is 39.0 Å². The minimum Gasteiger partial charge on any atom is -0.489 e. The molecule has 0 spiro atoms. The van der Waals surface area contributed by atoms with Crippen LogP contribution in [0.25, 0.3) is 23.0 Å². The Kier molecular flexibility index (Phi) is 8.43. The average molecular weight is 595 g/mol. The van der Waals surface area contributed by atoms with Crippen LogP contribution in [0.1, 0.15) is 31.4 Å². The number of carbonyl (C=O) groups excluding carboxylic acids is 1. The topological polar surface area (TPSA) is 47.4 Å². The fraction of sp³-hybridized carbons (Fsp3) is 0.167. The summed E-state index contributed by atoms with van der Waals surface area (Å²) in [7, 11) is 0. The fourth-order valence-corrected chi connectivity index (χ4v) is 6.04. The Morgan fingerprint density at radius 2 is 1.82 bits per heavy atom. The van der Waals surface area contributed by atoms with Crippen LogP contribution in [0.5, 0.6) is 5.75 Å². The van der Waals surface area contributed by atoms with Crippen LogP contribution in [0, 0.1) is 0 Å². The van der Waals surface area contributed by atoms with Crippen molar-refractivity contribution in [3.63, 3.8) is 0 Å². The molecule has 1 aliphatic heterocycles. The average Bonchev–Trinajstić information content (AvgIpc) is 3.48. The summed E-state index contributed by atoms with van der Waals surface area (Å²) in [4.78, 5) is 15.5. The Balaban J connectivity index is 1.45. The number of aromatic nitrogens is 2. The lowest BCUT2D eigenvalue weighted by Crippen LogP contribution is -2.36. The van der Waals surface area contributed by atoms with Gasteiger partial charge in [0.2, 0.25) is 0 Å². The molecule has 1 aliphatic rings. The number of hydrogen-bond acceptors (Lipinski definition) is 5. The first-order valence-corrected chi connectivity index (χ1v) is 14.4. The molecule has 1 amide bonds. The number of ether oxygens (including phenoxy) is 1. The molecule has 198 valence electrons. The van der Waals surface area contributed by atoms with Gasteiger partial charge in [-0.05, 0) is 68.0 Å². The lowest BCUT2D eigenvalue weighted by molar-refractivity contribution is -0.123. The first kappa shape index (κ1) is 27.5. The van der Waals surface area contributed by atoms with Crippen LogP contribution < -0.4 is 4.74 Å². The Morgan fingerprint density at radius 1 is 1.08 bits per heavy atom. The molecule has 1 atom stereocenters. The van der Waals surface area contributed by atoms with Gasteiger partial charge in [-0.2, -0.15) is 5.10 Å². The fourth-order valence-electron chi connectivity index (χ4n) is 4.12. The normalized spacial score (nSPS) is 15.3. The molecule has 1 aromatic heterocycles. The van der Waals surface area contributed by atoms with E-state index in [1.165, 1.54) is 11.8 Å². The highest BCUT2D eigenvalue weighted by Crippen LogP contribution is 2.36. The molecule has 3 aromatic carbocycles. The number of thiocarbonyl (C=S) groups is 1. The molecule has 4 aromatic rings. The predicted molar refractivity (Wildman–Crippen MR) is 165 cm³/mol. The molecule has 0 saturated carbocycles. The van der Waals surface area contributed by atoms with Gasteiger partial charge < -0.3 is 4.74 Å². The van der Waals surface area contributed by atoms with Gasteiger partial charge in [-0.15, -0.1) is 0 Å². The maximum Gasteiger partial charge on any atom is 0.266 e. The number of halogens is 2. The van der Waals surface area contributed by atoms with E-state index in [0.717, 1.165) is 34.5 Å². The summed E-state index contributed by atoms with van der Waals surface area (Å²) in [6, 6.07) is 23.0. The molecule has 5 nitrogen and oxygen atoms in total. The van der Waals surface area contributed by atoms with Crippen LogP contribution in [-0.2, 0) is 11.4 Å². The summed E-state index contributed by atoms with van der Waals surface area (Å²) < 4.78 is 8.36. The van der Waals surface area contributed by atoms with Crippen molar-refractivity contribution >= 4 is 63.5 Å². The van der Waals surface area contributed by atoms with Gasteiger partial charge in [0.05, 0.1) is 16.3 Å². The van der Waals surface area contributed by atoms with Gasteiger partial charge in [0.25, 0.3) is 5.91 Å². The minimum absolute atomic E-state index is 0.0465. The monoisotopic (exact) mass is 593 g/mol. The number of hydrogen-bond donors (Lipinski definition) is 0. The molecular formula is C30H25Cl2N3O2S2. The number of carbonyl (C=O) groups is 1. The number of benzene rings is 3. The predicted octanol–water partition coefficient (Wildman–Crippen LogP) is 8.42. The smallest absolute Gasteiger partial charge is 0.266 e. The lowest BCUT2D eigenvalue weighted by atomic mass is 10.1. The highest BCUT2D eigenvalue weighted by molar-refractivity contribution is 8.26. The van der Waals surface area contributed by atoms with Crippen LogP contribution in [0.4, 0.5) is 0 Å². The van der Waals surface area contributed by atoms with Crippen molar-refractivity contribution in [1.82, 2.24) is 14.7 Å². The van der Waals surface area contributed by atoms with Crippen molar-refractivity contribution in [3.8, 4) is 22.7 Å². The van der Waals surface area contributed by atoms with E-state index in [-0.39, 0.29) is 11.9 Å². The van der Waals surface area contributed by atoms with Gasteiger partial charge in [-0.3, -0.25) is 9.69 Å². The number of amides is 1. The third-order valence-corrected chi connectivity index (χ3v) is 8.36. The quantitative estimate of drug-likeness (QED) is 0.151. The molecule has 1 saturated heterocycles. The number of para-hydroxylation sites is 1. The van der Waals surface area contributed by atoms with E-state index >= 15 is 0 Å². The first-order chi connectivity index (χ1) is 18.8. The molecule has 39 heavy (non-hydrogen) atoms. The summed E-state index contributed by atoms with van der Waals surface area (Å²) >= 11 is 19.1. The highest BCUT2D eigenvalue weighted by Gasteiger charge is 2.35. The number of thioether (sulfide) groups is 1. The zero-order valence-corrected chi connectivity index (χ0v) is 24.4. The summed E-state index contributed by atoms with van der Waals surface area (Å²) in [5.74, 6) is 0.630. The van der Waals surface area contributed by atoms with Gasteiger partial charge in [-0.25, -0.2) is 4.68 Å². The van der Waals surface area contributed by atoms with Crippen LogP contribution in [0.15, 0.2) is 83.9 Å². The van der Waals surface area contributed by atoms with Crippen LogP contribution in [0.3, 0.4) is 0 Å². The second-order valence-electron chi connectivity index (χ2n) is 9.07. The zero-order valence-electron chi connectivity index (χ0n) is 21.3. The van der Waals surface area contributed by atoms with E-state index in [0.29, 0.717) is 31.6 Å². The maximum atomic E-state index is 13.2. The van der Waals surface area contributed by atoms with Crippen molar-refractivity contribution < 1.29 is 9.53 Å². The summed E-state index contributed by atoms with van der Waals surface area (Å²) in [6.45, 7) is 4.38. The largest absolute Gasteiger partial charge is 0.489 e. The van der Waals surface area contributed by atoms with E-state index in [1.807, 2.05) is 91.5 Å². The summed E-state index contributed by atoms with van der Waals surface area (Å²) in [5.41, 5.74) is 4.24. The van der Waals surface area contributed by atoms with E-state index in [9.17, 15) is 4.79 Å². The van der Waals surface area contributed by atoms with E-state index < -0.39 is 0 Å². The summed E-state index contributed by atoms with van der Waals surface area (Å²) in [6.07, 6.45) is 4.65. The molecule has 2 heterocycles. The molecule has 0 unspecified atom stereocenters. The molecular weight excluding hydrogens is 569 g/mol. The van der Waals surface area contributed by atoms with Gasteiger partial charge in [-0.1, -0.05) is 78.4 Å². The third kappa shape index (κ3) is 6.07. The van der Waals surface area contributed by atoms with E-state index in [2.05, 4.69) is 0 Å². The van der Waals surface area contributed by atoms with Crippen molar-refractivity contribution in [3.05, 3.63) is 105 Å². The zero-order chi connectivity index (χ0) is 27.5. The molecule has 5 rings (SSSR count). The van der Waals surface area contributed by atoms with E-state index in [4.69, 9.17) is 45.3 Å². The second kappa shape index (κ2) is 12.0. The molecule has 9 heteroatoms.